The first-order chi connectivity index (χ1) is 10.4. The molecular formula is C18H18OS2. The van der Waals surface area contributed by atoms with Crippen molar-refractivity contribution in [3.05, 3.63) is 59.7 Å². The van der Waals surface area contributed by atoms with Crippen molar-refractivity contribution in [3.63, 3.8) is 0 Å². The largest absolute Gasteiger partial charge is 0.237 e. The maximum Gasteiger partial charge on any atom is 0.0450 e. The van der Waals surface area contributed by atoms with Crippen LogP contribution < -0.4 is 0 Å². The van der Waals surface area contributed by atoms with Crippen molar-refractivity contribution in [2.45, 2.75) is 47.3 Å². The van der Waals surface area contributed by atoms with Gasteiger partial charge in [-0.3, -0.25) is 0 Å². The van der Waals surface area contributed by atoms with Gasteiger partial charge in [0.15, 0.2) is 0 Å². The summed E-state index contributed by atoms with van der Waals surface area (Å²) in [5.74, 6) is 1.53. The minimum Gasteiger partial charge on any atom is -0.237 e. The van der Waals surface area contributed by atoms with Crippen LogP contribution >= 0.6 is 24.1 Å². The summed E-state index contributed by atoms with van der Waals surface area (Å²) in [6.07, 6.45) is 5.31. The average Bonchev–Trinajstić information content (AvgIpc) is 3.41. The number of benzene rings is 2. The van der Waals surface area contributed by atoms with Crippen LogP contribution in [0.15, 0.2) is 58.3 Å². The molecule has 0 spiro atoms. The highest BCUT2D eigenvalue weighted by atomic mass is 32.2. The van der Waals surface area contributed by atoms with Crippen LogP contribution in [0.1, 0.15) is 48.6 Å². The van der Waals surface area contributed by atoms with Gasteiger partial charge in [-0.25, -0.2) is 3.63 Å². The lowest BCUT2D eigenvalue weighted by atomic mass is 10.1. The molecule has 2 fully saturated rings. The van der Waals surface area contributed by atoms with E-state index in [1.165, 1.54) is 70.7 Å². The zero-order valence-electron chi connectivity index (χ0n) is 11.8. The van der Waals surface area contributed by atoms with Crippen molar-refractivity contribution < 1.29 is 3.63 Å². The molecule has 0 bridgehead atoms. The van der Waals surface area contributed by atoms with E-state index in [2.05, 4.69) is 48.5 Å². The molecule has 0 radical (unpaired) electrons. The van der Waals surface area contributed by atoms with Crippen LogP contribution in [-0.4, -0.2) is 0 Å². The Morgan fingerprint density at radius 1 is 0.667 bits per heavy atom. The molecule has 0 atom stereocenters. The Kier molecular flexibility index (Phi) is 3.97. The van der Waals surface area contributed by atoms with Crippen molar-refractivity contribution in [1.82, 2.24) is 0 Å². The van der Waals surface area contributed by atoms with E-state index in [0.717, 1.165) is 11.8 Å². The summed E-state index contributed by atoms with van der Waals surface area (Å²) in [6, 6.07) is 17.3. The van der Waals surface area contributed by atoms with E-state index in [-0.39, 0.29) is 0 Å². The number of rotatable bonds is 6. The van der Waals surface area contributed by atoms with Crippen LogP contribution in [0.25, 0.3) is 0 Å². The molecule has 0 heterocycles. The standard InChI is InChI=1S/C18H18OS2/c1-3-7-17(15(5-1)13-9-10-13)20-19-21-18-8-4-2-6-16(18)14-11-12-14/h1-8,13-14H,9-12H2. The number of hydrogen-bond acceptors (Lipinski definition) is 3. The fraction of sp³-hybridized carbons (Fsp3) is 0.333. The predicted octanol–water partition coefficient (Wildman–Crippen LogP) is 6.17. The Bertz CT molecular complexity index is 577. The summed E-state index contributed by atoms with van der Waals surface area (Å²) in [4.78, 5) is 2.55. The fourth-order valence-corrected chi connectivity index (χ4v) is 4.32. The Morgan fingerprint density at radius 2 is 1.10 bits per heavy atom. The number of hydrogen-bond donors (Lipinski definition) is 0. The minimum atomic E-state index is 0.765. The molecule has 0 aliphatic heterocycles. The van der Waals surface area contributed by atoms with Gasteiger partial charge in [0.2, 0.25) is 0 Å². The second kappa shape index (κ2) is 6.07. The first-order valence-corrected chi connectivity index (χ1v) is 9.09. The third-order valence-electron chi connectivity index (χ3n) is 4.12. The molecule has 2 aromatic carbocycles. The first-order valence-electron chi connectivity index (χ1n) is 7.61. The van der Waals surface area contributed by atoms with Crippen molar-refractivity contribution in [1.29, 1.82) is 0 Å². The van der Waals surface area contributed by atoms with E-state index in [4.69, 9.17) is 3.63 Å². The highest BCUT2D eigenvalue weighted by Crippen LogP contribution is 2.47. The van der Waals surface area contributed by atoms with Gasteiger partial charge in [-0.15, -0.1) is 0 Å². The summed E-state index contributed by atoms with van der Waals surface area (Å²) in [7, 11) is 0. The molecule has 0 unspecified atom stereocenters. The summed E-state index contributed by atoms with van der Waals surface area (Å²) < 4.78 is 5.88. The molecule has 2 aromatic rings. The maximum absolute atomic E-state index is 5.88. The lowest BCUT2D eigenvalue weighted by Crippen LogP contribution is -1.85. The summed E-state index contributed by atoms with van der Waals surface area (Å²) >= 11 is 3.03. The lowest BCUT2D eigenvalue weighted by Gasteiger charge is -2.09. The molecule has 0 aromatic heterocycles. The van der Waals surface area contributed by atoms with E-state index in [0.29, 0.717) is 0 Å². The van der Waals surface area contributed by atoms with E-state index < -0.39 is 0 Å². The summed E-state index contributed by atoms with van der Waals surface area (Å²) in [6.45, 7) is 0. The lowest BCUT2D eigenvalue weighted by molar-refractivity contribution is 0.752. The molecule has 3 heteroatoms. The van der Waals surface area contributed by atoms with Crippen LogP contribution in [0.2, 0.25) is 0 Å². The SMILES string of the molecule is c1ccc(C2CC2)c(SOSc2ccccc2C2CC2)c1. The van der Waals surface area contributed by atoms with Crippen LogP contribution in [0.3, 0.4) is 0 Å². The van der Waals surface area contributed by atoms with Gasteiger partial charge in [0.25, 0.3) is 0 Å². The molecule has 2 aliphatic rings. The van der Waals surface area contributed by atoms with Gasteiger partial charge in [-0.1, -0.05) is 36.4 Å². The molecule has 2 saturated carbocycles. The molecule has 4 rings (SSSR count). The Labute approximate surface area is 134 Å². The van der Waals surface area contributed by atoms with Crippen LogP contribution in [0.5, 0.6) is 0 Å². The van der Waals surface area contributed by atoms with Crippen LogP contribution in [-0.2, 0) is 3.63 Å². The van der Waals surface area contributed by atoms with Crippen molar-refractivity contribution in [3.8, 4) is 0 Å². The van der Waals surface area contributed by atoms with Gasteiger partial charge in [-0.2, -0.15) is 0 Å². The van der Waals surface area contributed by atoms with Gasteiger partial charge in [-0.05, 0) is 60.8 Å². The topological polar surface area (TPSA) is 9.23 Å². The molecule has 108 valence electrons. The second-order valence-corrected chi connectivity index (χ2v) is 7.62. The van der Waals surface area contributed by atoms with E-state index >= 15 is 0 Å². The minimum absolute atomic E-state index is 0.765. The highest BCUT2D eigenvalue weighted by Gasteiger charge is 2.27. The molecule has 0 N–H and O–H groups in total. The molecule has 0 saturated heterocycles. The quantitative estimate of drug-likeness (QED) is 0.590. The zero-order valence-corrected chi connectivity index (χ0v) is 13.5. The third-order valence-corrected chi connectivity index (χ3v) is 5.77. The van der Waals surface area contributed by atoms with Gasteiger partial charge in [0.05, 0.1) is 0 Å². The van der Waals surface area contributed by atoms with E-state index in [9.17, 15) is 0 Å². The monoisotopic (exact) mass is 314 g/mol. The van der Waals surface area contributed by atoms with Gasteiger partial charge in [0.1, 0.15) is 0 Å². The van der Waals surface area contributed by atoms with Gasteiger partial charge >= 0.3 is 0 Å². The zero-order chi connectivity index (χ0) is 14.1. The normalized spacial score (nSPS) is 17.9. The third kappa shape index (κ3) is 3.31. The van der Waals surface area contributed by atoms with Crippen LogP contribution in [0, 0.1) is 0 Å². The van der Waals surface area contributed by atoms with Crippen molar-refractivity contribution in [2.24, 2.45) is 0 Å². The smallest absolute Gasteiger partial charge is 0.0450 e. The predicted molar refractivity (Wildman–Crippen MR) is 89.6 cm³/mol. The summed E-state index contributed by atoms with van der Waals surface area (Å²) in [5.41, 5.74) is 2.91. The molecule has 21 heavy (non-hydrogen) atoms. The second-order valence-electron chi connectivity index (χ2n) is 5.86. The summed E-state index contributed by atoms with van der Waals surface area (Å²) in [5, 5.41) is 0. The van der Waals surface area contributed by atoms with Crippen molar-refractivity contribution in [2.75, 3.05) is 0 Å². The maximum atomic E-state index is 5.88. The first kappa shape index (κ1) is 13.7. The van der Waals surface area contributed by atoms with E-state index in [1.807, 2.05) is 0 Å². The average molecular weight is 314 g/mol. The molecule has 0 amide bonds. The van der Waals surface area contributed by atoms with Gasteiger partial charge in [0, 0.05) is 33.9 Å². The Hall–Kier alpha value is -0.900. The molecule has 2 aliphatic carbocycles. The van der Waals surface area contributed by atoms with E-state index in [1.54, 1.807) is 0 Å². The Balaban J connectivity index is 1.42. The van der Waals surface area contributed by atoms with Gasteiger partial charge < -0.3 is 0 Å². The Morgan fingerprint density at radius 3 is 1.52 bits per heavy atom. The highest BCUT2D eigenvalue weighted by molar-refractivity contribution is 8.08. The van der Waals surface area contributed by atoms with Crippen molar-refractivity contribution >= 4 is 24.1 Å². The molecular weight excluding hydrogens is 296 g/mol. The molecule has 1 nitrogen and oxygen atoms in total. The fourth-order valence-electron chi connectivity index (χ4n) is 2.67. The van der Waals surface area contributed by atoms with Crippen LogP contribution in [0.4, 0.5) is 0 Å².